The van der Waals surface area contributed by atoms with Crippen molar-refractivity contribution in [2.45, 2.75) is 25.7 Å². The first-order valence-corrected chi connectivity index (χ1v) is 6.39. The van der Waals surface area contributed by atoms with Gasteiger partial charge in [0.1, 0.15) is 0 Å². The van der Waals surface area contributed by atoms with E-state index in [1.54, 1.807) is 0 Å². The van der Waals surface area contributed by atoms with Crippen molar-refractivity contribution in [2.75, 3.05) is 38.6 Å². The van der Waals surface area contributed by atoms with E-state index in [9.17, 15) is 0 Å². The average molecular weight is 215 g/mol. The lowest BCUT2D eigenvalue weighted by molar-refractivity contribution is 0.0203. The number of rotatable bonds is 3. The summed E-state index contributed by atoms with van der Waals surface area (Å²) in [4.78, 5) is 2.56. The largest absolute Gasteiger partial charge is 0.379 e. The Morgan fingerprint density at radius 1 is 1.14 bits per heavy atom. The third-order valence-corrected chi connectivity index (χ3v) is 4.33. The molecule has 1 saturated carbocycles. The van der Waals surface area contributed by atoms with Crippen LogP contribution in [0, 0.1) is 5.41 Å². The van der Waals surface area contributed by atoms with Crippen LogP contribution in [0.4, 0.5) is 0 Å². The van der Waals surface area contributed by atoms with Crippen LogP contribution in [0.1, 0.15) is 25.7 Å². The number of ether oxygens (including phenoxy) is 1. The molecule has 2 aliphatic rings. The molecule has 0 aromatic heterocycles. The number of thiol groups is 1. The van der Waals surface area contributed by atoms with E-state index in [0.717, 1.165) is 32.1 Å². The molecule has 3 heteroatoms. The van der Waals surface area contributed by atoms with Crippen molar-refractivity contribution >= 4 is 12.6 Å². The third-order valence-electron chi connectivity index (χ3n) is 3.66. The minimum Gasteiger partial charge on any atom is -0.379 e. The quantitative estimate of drug-likeness (QED) is 0.721. The Morgan fingerprint density at radius 3 is 2.36 bits per heavy atom. The number of hydrogen-bond donors (Lipinski definition) is 1. The topological polar surface area (TPSA) is 12.5 Å². The van der Waals surface area contributed by atoms with Crippen LogP contribution in [0.2, 0.25) is 0 Å². The van der Waals surface area contributed by atoms with Gasteiger partial charge in [-0.1, -0.05) is 12.8 Å². The molecule has 14 heavy (non-hydrogen) atoms. The summed E-state index contributed by atoms with van der Waals surface area (Å²) >= 11 is 4.54. The van der Waals surface area contributed by atoms with Gasteiger partial charge in [-0.15, -0.1) is 0 Å². The first-order valence-electron chi connectivity index (χ1n) is 5.76. The summed E-state index contributed by atoms with van der Waals surface area (Å²) in [6.45, 7) is 5.33. The van der Waals surface area contributed by atoms with Crippen LogP contribution in [-0.4, -0.2) is 43.5 Å². The maximum Gasteiger partial charge on any atom is 0.0594 e. The molecule has 0 N–H and O–H groups in total. The number of hydrogen-bond acceptors (Lipinski definition) is 3. The van der Waals surface area contributed by atoms with E-state index in [1.165, 1.54) is 32.2 Å². The normalized spacial score (nSPS) is 28.1. The van der Waals surface area contributed by atoms with Crippen LogP contribution in [0.25, 0.3) is 0 Å². The second kappa shape index (κ2) is 4.86. The molecular formula is C11H21NOS. The fraction of sp³-hybridized carbons (Fsp3) is 1.00. The van der Waals surface area contributed by atoms with E-state index in [0.29, 0.717) is 5.41 Å². The zero-order valence-electron chi connectivity index (χ0n) is 8.87. The van der Waals surface area contributed by atoms with Gasteiger partial charge in [0.2, 0.25) is 0 Å². The average Bonchev–Trinajstić information content (AvgIpc) is 2.69. The highest BCUT2D eigenvalue weighted by molar-refractivity contribution is 7.80. The molecule has 0 bridgehead atoms. The fourth-order valence-corrected chi connectivity index (χ4v) is 3.14. The van der Waals surface area contributed by atoms with Gasteiger partial charge >= 0.3 is 0 Å². The highest BCUT2D eigenvalue weighted by Crippen LogP contribution is 2.39. The Labute approximate surface area is 92.4 Å². The summed E-state index contributed by atoms with van der Waals surface area (Å²) in [6.07, 6.45) is 5.58. The van der Waals surface area contributed by atoms with Gasteiger partial charge in [-0.25, -0.2) is 0 Å². The van der Waals surface area contributed by atoms with E-state index in [1.807, 2.05) is 0 Å². The lowest BCUT2D eigenvalue weighted by Crippen LogP contribution is -2.43. The van der Waals surface area contributed by atoms with E-state index in [-0.39, 0.29) is 0 Å². The van der Waals surface area contributed by atoms with E-state index in [4.69, 9.17) is 4.74 Å². The van der Waals surface area contributed by atoms with Gasteiger partial charge in [0.15, 0.2) is 0 Å². The van der Waals surface area contributed by atoms with Gasteiger partial charge < -0.3 is 4.74 Å². The van der Waals surface area contributed by atoms with Gasteiger partial charge in [-0.2, -0.15) is 12.6 Å². The number of morpholine rings is 1. The molecule has 0 amide bonds. The Morgan fingerprint density at radius 2 is 1.79 bits per heavy atom. The van der Waals surface area contributed by atoms with Crippen LogP contribution in [0.3, 0.4) is 0 Å². The Hall–Kier alpha value is 0.270. The minimum absolute atomic E-state index is 0.528. The van der Waals surface area contributed by atoms with E-state index in [2.05, 4.69) is 17.5 Å². The van der Waals surface area contributed by atoms with Crippen molar-refractivity contribution in [1.29, 1.82) is 0 Å². The molecule has 0 aromatic carbocycles. The fourth-order valence-electron chi connectivity index (χ4n) is 2.72. The predicted molar refractivity (Wildman–Crippen MR) is 62.0 cm³/mol. The maximum atomic E-state index is 5.37. The van der Waals surface area contributed by atoms with E-state index >= 15 is 0 Å². The lowest BCUT2D eigenvalue weighted by atomic mass is 9.88. The zero-order valence-corrected chi connectivity index (χ0v) is 9.77. The van der Waals surface area contributed by atoms with Gasteiger partial charge in [0, 0.05) is 19.6 Å². The standard InChI is InChI=1S/C11H21NOS/c14-10-11(3-1-2-4-11)9-12-5-7-13-8-6-12/h14H,1-10H2. The molecule has 1 aliphatic carbocycles. The van der Waals surface area contributed by atoms with Crippen molar-refractivity contribution in [1.82, 2.24) is 4.90 Å². The van der Waals surface area contributed by atoms with Gasteiger partial charge in [0.25, 0.3) is 0 Å². The van der Waals surface area contributed by atoms with E-state index < -0.39 is 0 Å². The Bertz CT molecular complexity index is 174. The summed E-state index contributed by atoms with van der Waals surface area (Å²) in [5, 5.41) is 0. The highest BCUT2D eigenvalue weighted by atomic mass is 32.1. The SMILES string of the molecule is SCC1(CN2CCOCC2)CCCC1. The molecule has 1 saturated heterocycles. The van der Waals surface area contributed by atoms with Crippen LogP contribution in [-0.2, 0) is 4.74 Å². The molecule has 82 valence electrons. The van der Waals surface area contributed by atoms with Gasteiger partial charge in [-0.3, -0.25) is 4.90 Å². The minimum atomic E-state index is 0.528. The predicted octanol–water partition coefficient (Wildman–Crippen LogP) is 1.81. The summed E-state index contributed by atoms with van der Waals surface area (Å²) in [7, 11) is 0. The van der Waals surface area contributed by atoms with Crippen LogP contribution < -0.4 is 0 Å². The maximum absolute atomic E-state index is 5.37. The zero-order chi connectivity index (χ0) is 9.86. The lowest BCUT2D eigenvalue weighted by Gasteiger charge is -2.36. The summed E-state index contributed by atoms with van der Waals surface area (Å²) in [6, 6.07) is 0. The number of nitrogens with zero attached hydrogens (tertiary/aromatic N) is 1. The molecule has 2 nitrogen and oxygen atoms in total. The van der Waals surface area contributed by atoms with Crippen molar-refractivity contribution in [3.8, 4) is 0 Å². The second-order valence-electron chi connectivity index (χ2n) is 4.75. The molecule has 0 radical (unpaired) electrons. The summed E-state index contributed by atoms with van der Waals surface area (Å²) in [5.74, 6) is 1.06. The second-order valence-corrected chi connectivity index (χ2v) is 5.07. The molecular weight excluding hydrogens is 194 g/mol. The first-order chi connectivity index (χ1) is 6.85. The van der Waals surface area contributed by atoms with Crippen LogP contribution in [0.15, 0.2) is 0 Å². The van der Waals surface area contributed by atoms with Crippen molar-refractivity contribution in [3.05, 3.63) is 0 Å². The third kappa shape index (κ3) is 2.44. The Kier molecular flexibility index (Phi) is 3.74. The molecule has 0 aromatic rings. The van der Waals surface area contributed by atoms with Crippen molar-refractivity contribution in [2.24, 2.45) is 5.41 Å². The van der Waals surface area contributed by atoms with Gasteiger partial charge in [-0.05, 0) is 24.0 Å². The molecule has 1 heterocycles. The molecule has 2 fully saturated rings. The monoisotopic (exact) mass is 215 g/mol. The van der Waals surface area contributed by atoms with Gasteiger partial charge in [0.05, 0.1) is 13.2 Å². The molecule has 1 aliphatic heterocycles. The molecule has 2 rings (SSSR count). The molecule has 0 unspecified atom stereocenters. The van der Waals surface area contributed by atoms with Crippen molar-refractivity contribution in [3.63, 3.8) is 0 Å². The highest BCUT2D eigenvalue weighted by Gasteiger charge is 2.34. The molecule has 0 atom stereocenters. The molecule has 0 spiro atoms. The summed E-state index contributed by atoms with van der Waals surface area (Å²) < 4.78 is 5.37. The summed E-state index contributed by atoms with van der Waals surface area (Å²) in [5.41, 5.74) is 0.528. The van der Waals surface area contributed by atoms with Crippen molar-refractivity contribution < 1.29 is 4.74 Å². The smallest absolute Gasteiger partial charge is 0.0594 e. The van der Waals surface area contributed by atoms with Crippen LogP contribution >= 0.6 is 12.6 Å². The first kappa shape index (κ1) is 10.8. The van der Waals surface area contributed by atoms with Crippen LogP contribution in [0.5, 0.6) is 0 Å². The Balaban J connectivity index is 1.86.